The minimum atomic E-state index is -3.76. The van der Waals surface area contributed by atoms with E-state index in [1.807, 2.05) is 0 Å². The fourth-order valence-electron chi connectivity index (χ4n) is 2.95. The molecule has 0 atom stereocenters. The third-order valence-electron chi connectivity index (χ3n) is 4.32. The van der Waals surface area contributed by atoms with Gasteiger partial charge in [0.15, 0.2) is 5.76 Å². The Morgan fingerprint density at radius 2 is 1.81 bits per heavy atom. The fraction of sp³-hybridized carbons (Fsp3) is 0.467. The number of pyridine rings is 1. The lowest BCUT2D eigenvalue weighted by molar-refractivity contribution is 0.150. The normalized spacial score (nSPS) is 16.8. The van der Waals surface area contributed by atoms with E-state index in [0.717, 1.165) is 11.8 Å². The fourth-order valence-corrected chi connectivity index (χ4v) is 5.82. The molecule has 0 saturated carbocycles. The van der Waals surface area contributed by atoms with Crippen LogP contribution in [0.3, 0.4) is 0 Å². The zero-order valence-corrected chi connectivity index (χ0v) is 16.3. The molecule has 3 heterocycles. The summed E-state index contributed by atoms with van der Waals surface area (Å²) in [5, 5.41) is 3.68. The topological polar surface area (TPSA) is 114 Å². The van der Waals surface area contributed by atoms with E-state index in [1.165, 1.54) is 15.5 Å². The first-order valence-electron chi connectivity index (χ1n) is 7.89. The molecule has 3 rings (SSSR count). The van der Waals surface area contributed by atoms with Gasteiger partial charge in [-0.15, -0.1) is 0 Å². The smallest absolute Gasteiger partial charge is 0.248 e. The van der Waals surface area contributed by atoms with Gasteiger partial charge >= 0.3 is 0 Å². The van der Waals surface area contributed by atoms with Gasteiger partial charge in [-0.25, -0.2) is 16.8 Å². The van der Waals surface area contributed by atoms with Gasteiger partial charge in [0.2, 0.25) is 20.0 Å². The first-order chi connectivity index (χ1) is 12.1. The Bertz CT molecular complexity index is 976. The van der Waals surface area contributed by atoms with Crippen molar-refractivity contribution in [1.82, 2.24) is 18.8 Å². The highest BCUT2D eigenvalue weighted by Gasteiger charge is 2.44. The average Bonchev–Trinajstić information content (AvgIpc) is 2.84. The van der Waals surface area contributed by atoms with Crippen LogP contribution in [0.5, 0.6) is 0 Å². The van der Waals surface area contributed by atoms with Gasteiger partial charge in [-0.2, -0.15) is 8.61 Å². The molecule has 0 radical (unpaired) electrons. The Hall–Kier alpha value is -1.82. The highest BCUT2D eigenvalue weighted by atomic mass is 32.2. The molecule has 1 fully saturated rings. The molecule has 0 aromatic carbocycles. The number of hydrogen-bond donors (Lipinski definition) is 0. The average molecular weight is 400 g/mol. The number of rotatable bonds is 6. The summed E-state index contributed by atoms with van der Waals surface area (Å²) in [5.41, 5.74) is 1.08. The van der Waals surface area contributed by atoms with Gasteiger partial charge in [-0.1, -0.05) is 5.16 Å². The second-order valence-electron chi connectivity index (χ2n) is 6.29. The Labute approximate surface area is 152 Å². The van der Waals surface area contributed by atoms with Crippen molar-refractivity contribution in [1.29, 1.82) is 0 Å². The highest BCUT2D eigenvalue weighted by molar-refractivity contribution is 7.89. The Morgan fingerprint density at radius 3 is 2.31 bits per heavy atom. The third kappa shape index (κ3) is 3.52. The summed E-state index contributed by atoms with van der Waals surface area (Å²) in [7, 11) is -7.26. The van der Waals surface area contributed by atoms with Gasteiger partial charge in [0.05, 0.1) is 12.3 Å². The van der Waals surface area contributed by atoms with Crippen LogP contribution < -0.4 is 0 Å². The molecule has 1 aliphatic heterocycles. The summed E-state index contributed by atoms with van der Waals surface area (Å²) in [4.78, 5) is 3.96. The largest absolute Gasteiger partial charge is 0.360 e. The Balaban J connectivity index is 1.78. The molecule has 9 nitrogen and oxygen atoms in total. The zero-order chi connectivity index (χ0) is 19.1. The molecule has 26 heavy (non-hydrogen) atoms. The first-order valence-corrected chi connectivity index (χ1v) is 11.2. The van der Waals surface area contributed by atoms with E-state index in [9.17, 15) is 16.8 Å². The molecular formula is C15H20N4O5S2. The van der Waals surface area contributed by atoms with Crippen molar-refractivity contribution in [3.63, 3.8) is 0 Å². The van der Waals surface area contributed by atoms with Crippen LogP contribution in [0.15, 0.2) is 33.9 Å². The van der Waals surface area contributed by atoms with E-state index in [4.69, 9.17) is 4.52 Å². The maximum Gasteiger partial charge on any atom is 0.248 e. The second-order valence-corrected chi connectivity index (χ2v) is 10.1. The molecule has 0 aliphatic carbocycles. The molecule has 0 N–H and O–H groups in total. The molecule has 0 unspecified atom stereocenters. The molecule has 0 bridgehead atoms. The van der Waals surface area contributed by atoms with Gasteiger partial charge in [0.1, 0.15) is 10.6 Å². The highest BCUT2D eigenvalue weighted by Crippen LogP contribution is 2.29. The minimum absolute atomic E-state index is 0.0518. The number of nitrogens with zero attached hydrogens (tertiary/aromatic N) is 4. The van der Waals surface area contributed by atoms with Crippen molar-refractivity contribution < 1.29 is 21.4 Å². The monoisotopic (exact) mass is 400 g/mol. The zero-order valence-electron chi connectivity index (χ0n) is 14.7. The van der Waals surface area contributed by atoms with Crippen molar-refractivity contribution in [2.45, 2.75) is 31.3 Å². The molecule has 0 amide bonds. The van der Waals surface area contributed by atoms with Crippen LogP contribution in [0.1, 0.15) is 17.0 Å². The molecule has 142 valence electrons. The molecule has 11 heteroatoms. The van der Waals surface area contributed by atoms with Crippen LogP contribution in [0.4, 0.5) is 0 Å². The van der Waals surface area contributed by atoms with Gasteiger partial charge in [0, 0.05) is 32.0 Å². The van der Waals surface area contributed by atoms with E-state index in [0.29, 0.717) is 5.69 Å². The van der Waals surface area contributed by atoms with Crippen LogP contribution in [-0.4, -0.2) is 61.0 Å². The summed E-state index contributed by atoms with van der Waals surface area (Å²) in [6.07, 6.45) is 4.30. The van der Waals surface area contributed by atoms with E-state index < -0.39 is 26.1 Å². The number of hydrogen-bond acceptors (Lipinski definition) is 7. The van der Waals surface area contributed by atoms with Crippen molar-refractivity contribution >= 4 is 20.0 Å². The van der Waals surface area contributed by atoms with Gasteiger partial charge < -0.3 is 4.52 Å². The van der Waals surface area contributed by atoms with E-state index >= 15 is 0 Å². The Kier molecular flexibility index (Phi) is 4.90. The van der Waals surface area contributed by atoms with Crippen LogP contribution in [0, 0.1) is 13.8 Å². The lowest BCUT2D eigenvalue weighted by Crippen LogP contribution is -2.61. The van der Waals surface area contributed by atoms with Gasteiger partial charge in [0.25, 0.3) is 0 Å². The van der Waals surface area contributed by atoms with Crippen LogP contribution in [0.2, 0.25) is 0 Å². The maximum absolute atomic E-state index is 12.7. The SMILES string of the molecule is Cc1noc(C)c1S(=O)(=O)N1CC(N(Cc2ccncc2)S(C)(=O)=O)C1. The third-order valence-corrected chi connectivity index (χ3v) is 7.67. The first kappa shape index (κ1) is 19.0. The van der Waals surface area contributed by atoms with Crippen molar-refractivity contribution in [2.75, 3.05) is 19.3 Å². The standard InChI is InChI=1S/C15H20N4O5S2/c1-11-15(12(2)24-17-11)26(22,23)18-9-14(10-18)19(25(3,20)21)8-13-4-6-16-7-5-13/h4-7,14H,8-10H2,1-3H3. The maximum atomic E-state index is 12.7. The van der Waals surface area contributed by atoms with Gasteiger partial charge in [-0.3, -0.25) is 4.98 Å². The van der Waals surface area contributed by atoms with Crippen LogP contribution in [-0.2, 0) is 26.6 Å². The summed E-state index contributed by atoms with van der Waals surface area (Å²) in [6, 6.07) is 3.04. The van der Waals surface area contributed by atoms with E-state index in [1.54, 1.807) is 31.5 Å². The predicted octanol–water partition coefficient (Wildman–Crippen LogP) is 0.521. The predicted molar refractivity (Wildman–Crippen MR) is 93.1 cm³/mol. The molecule has 1 aliphatic rings. The van der Waals surface area contributed by atoms with Crippen LogP contribution in [0.25, 0.3) is 0 Å². The molecule has 2 aromatic rings. The van der Waals surface area contributed by atoms with Crippen LogP contribution >= 0.6 is 0 Å². The Morgan fingerprint density at radius 1 is 1.19 bits per heavy atom. The molecule has 2 aromatic heterocycles. The number of aryl methyl sites for hydroxylation is 2. The summed E-state index contributed by atoms with van der Waals surface area (Å²) < 4.78 is 57.4. The second kappa shape index (κ2) is 6.72. The van der Waals surface area contributed by atoms with E-state index in [2.05, 4.69) is 10.1 Å². The minimum Gasteiger partial charge on any atom is -0.360 e. The number of sulfonamides is 2. The molecular weight excluding hydrogens is 380 g/mol. The van der Waals surface area contributed by atoms with E-state index in [-0.39, 0.29) is 30.3 Å². The summed E-state index contributed by atoms with van der Waals surface area (Å²) in [5.74, 6) is 0.225. The number of aromatic nitrogens is 2. The summed E-state index contributed by atoms with van der Waals surface area (Å²) >= 11 is 0. The van der Waals surface area contributed by atoms with Gasteiger partial charge in [-0.05, 0) is 31.5 Å². The van der Waals surface area contributed by atoms with Crippen molar-refractivity contribution in [2.24, 2.45) is 0 Å². The summed E-state index contributed by atoms with van der Waals surface area (Å²) in [6.45, 7) is 3.45. The lowest BCUT2D eigenvalue weighted by Gasteiger charge is -2.43. The molecule has 1 saturated heterocycles. The lowest BCUT2D eigenvalue weighted by atomic mass is 10.1. The molecule has 0 spiro atoms. The van der Waals surface area contributed by atoms with Crippen molar-refractivity contribution in [3.05, 3.63) is 41.5 Å². The quantitative estimate of drug-likeness (QED) is 0.694. The van der Waals surface area contributed by atoms with Crippen molar-refractivity contribution in [3.8, 4) is 0 Å².